The number of aryl methyl sites for hydroxylation is 1. The molecule has 0 saturated heterocycles. The first-order valence-corrected chi connectivity index (χ1v) is 10.2. The van der Waals surface area contributed by atoms with Crippen LogP contribution in [-0.2, 0) is 4.79 Å². The molecule has 0 aliphatic heterocycles. The van der Waals surface area contributed by atoms with E-state index in [-0.39, 0.29) is 14.7 Å². The molecule has 2 amide bonds. The maximum Gasteiger partial charge on any atom is 0.265 e. The Balaban J connectivity index is 0.000000827. The number of benzene rings is 1. The molecule has 2 aromatic rings. The first-order valence-electron chi connectivity index (χ1n) is 9.32. The van der Waals surface area contributed by atoms with Crippen LogP contribution in [0.4, 0.5) is 11.4 Å². The zero-order valence-corrected chi connectivity index (χ0v) is 16.9. The van der Waals surface area contributed by atoms with Crippen LogP contribution in [0.1, 0.15) is 37.9 Å². The molecule has 28 heavy (non-hydrogen) atoms. The van der Waals surface area contributed by atoms with E-state index in [0.29, 0.717) is 22.2 Å². The molecule has 2 aliphatic carbocycles. The Bertz CT molecular complexity index is 946. The Morgan fingerprint density at radius 3 is 2.57 bits per heavy atom. The topological polar surface area (TPSA) is 58.2 Å². The normalized spacial score (nSPS) is 16.5. The predicted octanol–water partition coefficient (Wildman–Crippen LogP) is 6.21. The number of thiophene rings is 1. The van der Waals surface area contributed by atoms with Gasteiger partial charge < -0.3 is 10.6 Å². The van der Waals surface area contributed by atoms with Crippen LogP contribution in [0.2, 0.25) is 0 Å². The fraction of sp³-hybridized carbons (Fsp3) is 0.217. The highest BCUT2D eigenvalue weighted by Crippen LogP contribution is 2.24. The number of carbonyl (C=O) groups excluding carboxylic acids is 2. The molecule has 5 heteroatoms. The van der Waals surface area contributed by atoms with Crippen molar-refractivity contribution in [2.45, 2.75) is 26.7 Å². The molecule has 0 saturated carbocycles. The Kier molecular flexibility index (Phi) is 6.61. The van der Waals surface area contributed by atoms with Crippen LogP contribution >= 0.6 is 11.3 Å². The monoisotopic (exact) mass is 396 g/mol. The Labute approximate surface area is 172 Å². The van der Waals surface area contributed by atoms with E-state index >= 15 is 0 Å². The Hall–Kier alpha value is -2.92. The van der Waals surface area contributed by atoms with Gasteiger partial charge in [-0.15, -0.1) is 11.3 Å². The minimum atomic E-state index is -0.148. The number of hydrogen-bond donors (Lipinski definition) is 2. The number of carbonyl (C=O) groups is 2. The molecule has 2 N–H and O–H groups in total. The van der Waals surface area contributed by atoms with Gasteiger partial charge in [-0.05, 0) is 54.8 Å². The number of allylic oxidation sites excluding steroid dienone is 5. The largest absolute Gasteiger partial charge is 0.322 e. The van der Waals surface area contributed by atoms with E-state index in [1.807, 2.05) is 42.7 Å². The summed E-state index contributed by atoms with van der Waals surface area (Å²) in [5.41, 5.74) is 3.08. The molecule has 0 radical (unpaired) electrons. The molecule has 1 aromatic carbocycles. The summed E-state index contributed by atoms with van der Waals surface area (Å²) in [5.74, 6) is 0.120. The standard InChI is InChI=1S/C20H20N2O2S.C3H4.2H2/c1-13-5-3-6-15(11-13)19(23)22-17-12-16(9-8-14(17)2)21-20(24)18-7-4-10-25-18;1-2-3-1;;/h3-10,12-13H,11H2,1-2H3,(H,21,24)(H,22,23);1-2H,3H2;2*1H. The van der Waals surface area contributed by atoms with Crippen LogP contribution in [0.5, 0.6) is 0 Å². The third-order valence-electron chi connectivity index (χ3n) is 4.29. The highest BCUT2D eigenvalue weighted by atomic mass is 32.1. The lowest BCUT2D eigenvalue weighted by atomic mass is 9.95. The lowest BCUT2D eigenvalue weighted by Gasteiger charge is -2.16. The van der Waals surface area contributed by atoms with Gasteiger partial charge in [-0.2, -0.15) is 0 Å². The number of hydrogen-bond acceptors (Lipinski definition) is 3. The van der Waals surface area contributed by atoms with Crippen molar-refractivity contribution in [2.24, 2.45) is 5.92 Å². The quantitative estimate of drug-likeness (QED) is 0.604. The predicted molar refractivity (Wildman–Crippen MR) is 121 cm³/mol. The van der Waals surface area contributed by atoms with Crippen molar-refractivity contribution in [1.29, 1.82) is 0 Å². The van der Waals surface area contributed by atoms with Crippen LogP contribution in [0.15, 0.2) is 71.7 Å². The van der Waals surface area contributed by atoms with E-state index in [4.69, 9.17) is 0 Å². The van der Waals surface area contributed by atoms with E-state index < -0.39 is 0 Å². The summed E-state index contributed by atoms with van der Waals surface area (Å²) in [6, 6.07) is 9.13. The summed E-state index contributed by atoms with van der Waals surface area (Å²) in [4.78, 5) is 25.3. The highest BCUT2D eigenvalue weighted by Gasteiger charge is 2.15. The van der Waals surface area contributed by atoms with E-state index in [1.54, 1.807) is 12.1 Å². The molecule has 2 aliphatic rings. The van der Waals surface area contributed by atoms with E-state index in [1.165, 1.54) is 17.8 Å². The van der Waals surface area contributed by atoms with Gasteiger partial charge in [-0.25, -0.2) is 0 Å². The molecule has 0 spiro atoms. The van der Waals surface area contributed by atoms with Crippen molar-refractivity contribution in [3.8, 4) is 0 Å². The number of anilines is 2. The first kappa shape index (κ1) is 19.8. The van der Waals surface area contributed by atoms with Crippen molar-refractivity contribution in [1.82, 2.24) is 0 Å². The number of amides is 2. The minimum absolute atomic E-state index is 0. The van der Waals surface area contributed by atoms with E-state index in [2.05, 4.69) is 35.8 Å². The Morgan fingerprint density at radius 2 is 1.93 bits per heavy atom. The maximum absolute atomic E-state index is 12.5. The van der Waals surface area contributed by atoms with Gasteiger partial charge in [0, 0.05) is 19.8 Å². The van der Waals surface area contributed by atoms with Gasteiger partial charge in [0.1, 0.15) is 0 Å². The maximum atomic E-state index is 12.5. The van der Waals surface area contributed by atoms with Gasteiger partial charge in [0.25, 0.3) is 11.8 Å². The van der Waals surface area contributed by atoms with Gasteiger partial charge in [-0.1, -0.05) is 49.4 Å². The lowest BCUT2D eigenvalue weighted by Crippen LogP contribution is -2.18. The third-order valence-corrected chi connectivity index (χ3v) is 5.16. The fourth-order valence-corrected chi connectivity index (χ4v) is 3.27. The molecule has 1 unspecified atom stereocenters. The van der Waals surface area contributed by atoms with Crippen LogP contribution in [-0.4, -0.2) is 11.8 Å². The summed E-state index contributed by atoms with van der Waals surface area (Å²) in [5, 5.41) is 7.69. The van der Waals surface area contributed by atoms with Gasteiger partial charge >= 0.3 is 0 Å². The van der Waals surface area contributed by atoms with Crippen molar-refractivity contribution in [3.05, 3.63) is 82.1 Å². The summed E-state index contributed by atoms with van der Waals surface area (Å²) in [6.07, 6.45) is 12.1. The van der Waals surface area contributed by atoms with Crippen LogP contribution in [0.25, 0.3) is 0 Å². The molecule has 4 nitrogen and oxygen atoms in total. The average Bonchev–Trinajstić information content (AvgIpc) is 3.47. The molecule has 1 aromatic heterocycles. The second kappa shape index (κ2) is 9.33. The Morgan fingerprint density at radius 1 is 1.14 bits per heavy atom. The van der Waals surface area contributed by atoms with Gasteiger partial charge in [0.15, 0.2) is 0 Å². The molecule has 1 heterocycles. The molecule has 4 rings (SSSR count). The van der Waals surface area contributed by atoms with Gasteiger partial charge in [-0.3, -0.25) is 9.59 Å². The van der Waals surface area contributed by atoms with E-state index in [0.717, 1.165) is 17.6 Å². The molecule has 0 bridgehead atoms. The molecule has 0 fully saturated rings. The summed E-state index contributed by atoms with van der Waals surface area (Å²) in [6.45, 7) is 4.01. The van der Waals surface area contributed by atoms with Crippen LogP contribution in [0, 0.1) is 12.8 Å². The minimum Gasteiger partial charge on any atom is -0.322 e. The molecular weight excluding hydrogens is 368 g/mol. The summed E-state index contributed by atoms with van der Waals surface area (Å²) < 4.78 is 0. The second-order valence-corrected chi connectivity index (χ2v) is 7.83. The summed E-state index contributed by atoms with van der Waals surface area (Å²) >= 11 is 1.39. The zero-order valence-electron chi connectivity index (χ0n) is 16.1. The van der Waals surface area contributed by atoms with Crippen molar-refractivity contribution < 1.29 is 12.4 Å². The average molecular weight is 397 g/mol. The van der Waals surface area contributed by atoms with Crippen molar-refractivity contribution in [2.75, 3.05) is 10.6 Å². The van der Waals surface area contributed by atoms with Crippen molar-refractivity contribution >= 4 is 34.5 Å². The van der Waals surface area contributed by atoms with Gasteiger partial charge in [0.2, 0.25) is 0 Å². The van der Waals surface area contributed by atoms with Crippen LogP contribution in [0.3, 0.4) is 0 Å². The molecule has 1 atom stereocenters. The SMILES string of the molecule is C1=CC1.Cc1ccc(NC(=O)c2cccs2)cc1NC(=O)C1=CC=CC(C)C1.[HH].[HH]. The summed E-state index contributed by atoms with van der Waals surface area (Å²) in [7, 11) is 0. The van der Waals surface area contributed by atoms with Crippen LogP contribution < -0.4 is 10.6 Å². The first-order chi connectivity index (χ1) is 13.5. The van der Waals surface area contributed by atoms with Crippen molar-refractivity contribution in [3.63, 3.8) is 0 Å². The lowest BCUT2D eigenvalue weighted by molar-refractivity contribution is -0.113. The number of rotatable bonds is 4. The smallest absolute Gasteiger partial charge is 0.265 e. The third kappa shape index (κ3) is 5.79. The second-order valence-electron chi connectivity index (χ2n) is 6.88. The number of nitrogens with one attached hydrogen (secondary N) is 2. The zero-order chi connectivity index (χ0) is 19.9. The molecule has 148 valence electrons. The highest BCUT2D eigenvalue weighted by molar-refractivity contribution is 7.12. The van der Waals surface area contributed by atoms with E-state index in [9.17, 15) is 9.59 Å². The fourth-order valence-electron chi connectivity index (χ4n) is 2.65. The van der Waals surface area contributed by atoms with Gasteiger partial charge in [0.05, 0.1) is 4.88 Å². The molecular formula is C23H28N2O2S.